The number of nitrogens with two attached hydrogens (primary N) is 1. The second kappa shape index (κ2) is 5.91. The number of thiophene rings is 1. The monoisotopic (exact) mass is 280 g/mol. The molecule has 0 radical (unpaired) electrons. The number of nitrogens with zero attached hydrogens (tertiary/aromatic N) is 2. The number of esters is 1. The summed E-state index contributed by atoms with van der Waals surface area (Å²) in [5, 5.41) is 13.1. The molecule has 0 amide bonds. The summed E-state index contributed by atoms with van der Waals surface area (Å²) >= 11 is 1.26. The number of hydrogen-bond acceptors (Lipinski definition) is 7. The Morgan fingerprint density at radius 3 is 3.00 bits per heavy atom. The van der Waals surface area contributed by atoms with Gasteiger partial charge in [-0.25, -0.2) is 4.79 Å². The molecule has 19 heavy (non-hydrogen) atoms. The molecule has 102 valence electrons. The minimum absolute atomic E-state index is 0.228. The molecular weight excluding hydrogens is 264 g/mol. The van der Waals surface area contributed by atoms with E-state index >= 15 is 0 Å². The van der Waals surface area contributed by atoms with Gasteiger partial charge in [0, 0.05) is 19.6 Å². The SMILES string of the molecule is COC(=O)c1c(N2CCCNCC2)sc(C#N)c1N. The smallest absolute Gasteiger partial charge is 0.343 e. The zero-order chi connectivity index (χ0) is 13.8. The number of anilines is 2. The molecule has 0 bridgehead atoms. The Hall–Kier alpha value is -1.78. The summed E-state index contributed by atoms with van der Waals surface area (Å²) in [5.41, 5.74) is 6.43. The number of methoxy groups -OCH3 is 1. The van der Waals surface area contributed by atoms with Crippen molar-refractivity contribution in [3.8, 4) is 6.07 Å². The summed E-state index contributed by atoms with van der Waals surface area (Å²) in [6.45, 7) is 3.42. The minimum atomic E-state index is -0.484. The van der Waals surface area contributed by atoms with Crippen molar-refractivity contribution in [3.05, 3.63) is 10.4 Å². The lowest BCUT2D eigenvalue weighted by Gasteiger charge is -2.21. The molecule has 1 aromatic heterocycles. The average Bonchev–Trinajstić information content (AvgIpc) is 2.61. The Kier molecular flexibility index (Phi) is 4.24. The summed E-state index contributed by atoms with van der Waals surface area (Å²) in [6.07, 6.45) is 0.986. The Balaban J connectivity index is 2.43. The molecule has 1 aliphatic heterocycles. The van der Waals surface area contributed by atoms with Crippen LogP contribution in [0.25, 0.3) is 0 Å². The van der Waals surface area contributed by atoms with Gasteiger partial charge in [-0.1, -0.05) is 0 Å². The average molecular weight is 280 g/mol. The van der Waals surface area contributed by atoms with E-state index in [1.54, 1.807) is 0 Å². The summed E-state index contributed by atoms with van der Waals surface area (Å²) in [7, 11) is 1.32. The molecule has 1 fully saturated rings. The third-order valence-corrected chi connectivity index (χ3v) is 4.22. The highest BCUT2D eigenvalue weighted by Crippen LogP contribution is 2.38. The molecule has 7 heteroatoms. The third-order valence-electron chi connectivity index (χ3n) is 3.04. The summed E-state index contributed by atoms with van der Waals surface area (Å²) in [5.74, 6) is -0.484. The van der Waals surface area contributed by atoms with Crippen molar-refractivity contribution < 1.29 is 9.53 Å². The molecule has 2 rings (SSSR count). The normalized spacial score (nSPS) is 15.7. The van der Waals surface area contributed by atoms with Gasteiger partial charge in [0.2, 0.25) is 0 Å². The van der Waals surface area contributed by atoms with Crippen LogP contribution in [0.15, 0.2) is 0 Å². The number of rotatable bonds is 2. The fraction of sp³-hybridized carbons (Fsp3) is 0.500. The lowest BCUT2D eigenvalue weighted by molar-refractivity contribution is 0.0603. The van der Waals surface area contributed by atoms with Gasteiger partial charge in [0.1, 0.15) is 21.5 Å². The third kappa shape index (κ3) is 2.64. The summed E-state index contributed by atoms with van der Waals surface area (Å²) < 4.78 is 4.77. The van der Waals surface area contributed by atoms with E-state index in [0.717, 1.165) is 37.6 Å². The van der Waals surface area contributed by atoms with Crippen LogP contribution >= 0.6 is 11.3 Å². The second-order valence-electron chi connectivity index (χ2n) is 4.22. The molecule has 6 nitrogen and oxygen atoms in total. The molecule has 1 aromatic rings. The summed E-state index contributed by atoms with van der Waals surface area (Å²) in [4.78, 5) is 14.3. The van der Waals surface area contributed by atoms with Crippen LogP contribution in [0, 0.1) is 11.3 Å². The van der Waals surface area contributed by atoms with E-state index in [-0.39, 0.29) is 5.69 Å². The first-order chi connectivity index (χ1) is 9.19. The number of ether oxygens (including phenoxy) is 1. The van der Waals surface area contributed by atoms with Crippen LogP contribution in [0.3, 0.4) is 0 Å². The second-order valence-corrected chi connectivity index (χ2v) is 5.22. The molecule has 0 atom stereocenters. The number of nitriles is 1. The van der Waals surface area contributed by atoms with E-state index in [1.807, 2.05) is 6.07 Å². The highest BCUT2D eigenvalue weighted by molar-refractivity contribution is 7.17. The van der Waals surface area contributed by atoms with Crippen molar-refractivity contribution in [1.29, 1.82) is 5.26 Å². The van der Waals surface area contributed by atoms with E-state index in [9.17, 15) is 4.79 Å². The molecule has 0 spiro atoms. The molecule has 1 saturated heterocycles. The fourth-order valence-electron chi connectivity index (χ4n) is 2.09. The highest BCUT2D eigenvalue weighted by atomic mass is 32.1. The lowest BCUT2D eigenvalue weighted by Crippen LogP contribution is -2.28. The Morgan fingerprint density at radius 1 is 1.53 bits per heavy atom. The zero-order valence-corrected chi connectivity index (χ0v) is 11.5. The summed E-state index contributed by atoms with van der Waals surface area (Å²) in [6, 6.07) is 2.03. The first-order valence-electron chi connectivity index (χ1n) is 6.05. The minimum Gasteiger partial charge on any atom is -0.465 e. The lowest BCUT2D eigenvalue weighted by atomic mass is 10.2. The molecule has 3 N–H and O–H groups in total. The van der Waals surface area contributed by atoms with Crippen LogP contribution in [0.1, 0.15) is 21.7 Å². The van der Waals surface area contributed by atoms with Crippen LogP contribution in [0.2, 0.25) is 0 Å². The standard InChI is InChI=1S/C12H16N4O2S/c1-18-12(17)9-10(14)8(7-13)19-11(9)16-5-2-3-15-4-6-16/h15H,2-6,14H2,1H3. The van der Waals surface area contributed by atoms with Crippen LogP contribution in [-0.4, -0.2) is 39.3 Å². The van der Waals surface area contributed by atoms with Gasteiger partial charge in [-0.3, -0.25) is 0 Å². The van der Waals surface area contributed by atoms with E-state index < -0.39 is 5.97 Å². The molecule has 0 unspecified atom stereocenters. The van der Waals surface area contributed by atoms with Crippen LogP contribution < -0.4 is 16.0 Å². The van der Waals surface area contributed by atoms with Crippen LogP contribution in [-0.2, 0) is 4.74 Å². The first kappa shape index (κ1) is 13.6. The van der Waals surface area contributed by atoms with Crippen molar-refractivity contribution in [3.63, 3.8) is 0 Å². The van der Waals surface area contributed by atoms with Gasteiger partial charge in [-0.15, -0.1) is 11.3 Å². The Bertz CT molecular complexity index is 513. The number of carbonyl (C=O) groups is 1. The van der Waals surface area contributed by atoms with E-state index in [0.29, 0.717) is 10.4 Å². The molecule has 0 aliphatic carbocycles. The van der Waals surface area contributed by atoms with Crippen molar-refractivity contribution >= 4 is 28.0 Å². The molecule has 0 aromatic carbocycles. The number of nitrogen functional groups attached to an aromatic ring is 1. The predicted molar refractivity (Wildman–Crippen MR) is 74.5 cm³/mol. The van der Waals surface area contributed by atoms with Gasteiger partial charge in [0.15, 0.2) is 0 Å². The van der Waals surface area contributed by atoms with Gasteiger partial charge in [-0.05, 0) is 13.0 Å². The van der Waals surface area contributed by atoms with E-state index in [1.165, 1.54) is 18.4 Å². The van der Waals surface area contributed by atoms with Gasteiger partial charge in [0.25, 0.3) is 0 Å². The van der Waals surface area contributed by atoms with Gasteiger partial charge in [0.05, 0.1) is 12.8 Å². The first-order valence-corrected chi connectivity index (χ1v) is 6.87. The van der Waals surface area contributed by atoms with Crippen molar-refractivity contribution in [2.24, 2.45) is 0 Å². The number of hydrogen-bond donors (Lipinski definition) is 2. The van der Waals surface area contributed by atoms with Crippen molar-refractivity contribution in [1.82, 2.24) is 5.32 Å². The topological polar surface area (TPSA) is 91.4 Å². The number of nitrogens with one attached hydrogen (secondary N) is 1. The molecule has 2 heterocycles. The largest absolute Gasteiger partial charge is 0.465 e. The zero-order valence-electron chi connectivity index (χ0n) is 10.7. The van der Waals surface area contributed by atoms with E-state index in [2.05, 4.69) is 10.2 Å². The number of carbonyl (C=O) groups excluding carboxylic acids is 1. The van der Waals surface area contributed by atoms with Crippen molar-refractivity contribution in [2.75, 3.05) is 43.9 Å². The van der Waals surface area contributed by atoms with Gasteiger partial charge >= 0.3 is 5.97 Å². The maximum Gasteiger partial charge on any atom is 0.343 e. The fourth-order valence-corrected chi connectivity index (χ4v) is 3.14. The maximum atomic E-state index is 11.9. The quantitative estimate of drug-likeness (QED) is 0.778. The maximum absolute atomic E-state index is 11.9. The molecule has 1 aliphatic rings. The molecule has 0 saturated carbocycles. The van der Waals surface area contributed by atoms with E-state index in [4.69, 9.17) is 15.7 Å². The molecular formula is C12H16N4O2S. The van der Waals surface area contributed by atoms with Gasteiger partial charge in [-0.2, -0.15) is 5.26 Å². The highest BCUT2D eigenvalue weighted by Gasteiger charge is 2.26. The Labute approximate surface area is 115 Å². The predicted octanol–water partition coefficient (Wildman–Crippen LogP) is 0.788. The van der Waals surface area contributed by atoms with Crippen LogP contribution in [0.4, 0.5) is 10.7 Å². The Morgan fingerprint density at radius 2 is 2.32 bits per heavy atom. The van der Waals surface area contributed by atoms with Gasteiger partial charge < -0.3 is 20.7 Å². The van der Waals surface area contributed by atoms with Crippen LogP contribution in [0.5, 0.6) is 0 Å². The van der Waals surface area contributed by atoms with Crippen molar-refractivity contribution in [2.45, 2.75) is 6.42 Å².